The number of hydrogen-bond acceptors (Lipinski definition) is 2. The minimum atomic E-state index is 0.0292. The molecule has 2 aromatic carbocycles. The summed E-state index contributed by atoms with van der Waals surface area (Å²) in [6, 6.07) is 14.3. The van der Waals surface area contributed by atoms with Crippen LogP contribution in [0.1, 0.15) is 106 Å². The number of benzene rings is 2. The highest BCUT2D eigenvalue weighted by Gasteiger charge is 2.22. The maximum absolute atomic E-state index is 12.2. The molecule has 0 radical (unpaired) electrons. The minimum absolute atomic E-state index is 0.0292. The molecule has 2 aromatic rings. The highest BCUT2D eigenvalue weighted by Crippen LogP contribution is 2.38. The van der Waals surface area contributed by atoms with Crippen molar-refractivity contribution in [2.24, 2.45) is 5.92 Å². The Kier molecular flexibility index (Phi) is 8.54. The van der Waals surface area contributed by atoms with Crippen LogP contribution in [0, 0.1) is 5.92 Å². The molecule has 30 heavy (non-hydrogen) atoms. The second-order valence-electron chi connectivity index (χ2n) is 9.09. The molecule has 0 atom stereocenters. The molecule has 2 heteroatoms. The van der Waals surface area contributed by atoms with Gasteiger partial charge in [-0.1, -0.05) is 76.3 Å². The maximum Gasteiger partial charge on any atom is 0.166 e. The van der Waals surface area contributed by atoms with E-state index in [1.165, 1.54) is 56.9 Å². The number of phenolic OH excluding ortho intramolecular Hbond substituents is 1. The van der Waals surface area contributed by atoms with Crippen molar-refractivity contribution in [1.29, 1.82) is 0 Å². The predicted octanol–water partition coefficient (Wildman–Crippen LogP) is 8.29. The van der Waals surface area contributed by atoms with Crippen molar-refractivity contribution in [2.45, 2.75) is 90.4 Å². The molecule has 0 amide bonds. The van der Waals surface area contributed by atoms with Gasteiger partial charge in [0.15, 0.2) is 5.78 Å². The molecule has 0 aromatic heterocycles. The average Bonchev–Trinajstić information content (AvgIpc) is 2.78. The molecule has 0 unspecified atom stereocenters. The van der Waals surface area contributed by atoms with E-state index in [9.17, 15) is 9.90 Å². The van der Waals surface area contributed by atoms with Gasteiger partial charge in [0.1, 0.15) is 5.75 Å². The van der Waals surface area contributed by atoms with E-state index in [1.807, 2.05) is 6.07 Å². The molecule has 1 aliphatic rings. The minimum Gasteiger partial charge on any atom is -0.507 e. The number of ketones is 1. The number of carbonyl (C=O) groups is 1. The molecule has 2 nitrogen and oxygen atoms in total. The fourth-order valence-electron chi connectivity index (χ4n) is 4.83. The quantitative estimate of drug-likeness (QED) is 0.318. The second-order valence-corrected chi connectivity index (χ2v) is 9.09. The summed E-state index contributed by atoms with van der Waals surface area (Å²) >= 11 is 0. The summed E-state index contributed by atoms with van der Waals surface area (Å²) in [4.78, 5) is 12.2. The summed E-state index contributed by atoms with van der Waals surface area (Å²) < 4.78 is 0. The smallest absolute Gasteiger partial charge is 0.166 e. The van der Waals surface area contributed by atoms with Crippen LogP contribution in [0.15, 0.2) is 42.5 Å². The van der Waals surface area contributed by atoms with Gasteiger partial charge >= 0.3 is 0 Å². The molecule has 1 aliphatic carbocycles. The van der Waals surface area contributed by atoms with E-state index in [-0.39, 0.29) is 11.5 Å². The van der Waals surface area contributed by atoms with Crippen LogP contribution < -0.4 is 0 Å². The zero-order valence-electron chi connectivity index (χ0n) is 18.8. The summed E-state index contributed by atoms with van der Waals surface area (Å²) in [6.45, 7) is 4.35. The van der Waals surface area contributed by atoms with Gasteiger partial charge in [-0.2, -0.15) is 0 Å². The van der Waals surface area contributed by atoms with Gasteiger partial charge in [-0.25, -0.2) is 0 Å². The lowest BCUT2D eigenvalue weighted by Crippen LogP contribution is -2.13. The summed E-state index contributed by atoms with van der Waals surface area (Å²) in [5.41, 5.74) is 3.95. The van der Waals surface area contributed by atoms with Crippen LogP contribution in [0.4, 0.5) is 0 Å². The molecule has 0 spiro atoms. The van der Waals surface area contributed by atoms with Gasteiger partial charge in [0.2, 0.25) is 0 Å². The Balaban J connectivity index is 1.59. The van der Waals surface area contributed by atoms with Crippen LogP contribution >= 0.6 is 0 Å². The zero-order chi connectivity index (χ0) is 21.3. The van der Waals surface area contributed by atoms with Gasteiger partial charge in [-0.3, -0.25) is 4.79 Å². The first-order chi connectivity index (χ1) is 14.6. The third-order valence-corrected chi connectivity index (χ3v) is 6.83. The maximum atomic E-state index is 12.2. The number of Topliss-reactive ketones (excluding diaryl/α,β-unsaturated/α-hetero) is 1. The van der Waals surface area contributed by atoms with Gasteiger partial charge in [0.05, 0.1) is 5.56 Å². The monoisotopic (exact) mass is 406 g/mol. The van der Waals surface area contributed by atoms with Crippen molar-refractivity contribution >= 4 is 5.78 Å². The van der Waals surface area contributed by atoms with Crippen molar-refractivity contribution in [3.05, 3.63) is 53.6 Å². The van der Waals surface area contributed by atoms with Crippen molar-refractivity contribution in [1.82, 2.24) is 0 Å². The summed E-state index contributed by atoms with van der Waals surface area (Å²) in [5.74, 6) is 1.75. The Labute approximate surface area is 182 Å². The van der Waals surface area contributed by atoms with E-state index in [1.54, 1.807) is 12.1 Å². The Bertz CT molecular complexity index is 798. The molecular formula is C28H38O2. The highest BCUT2D eigenvalue weighted by atomic mass is 16.3. The molecule has 1 saturated carbocycles. The molecule has 0 aliphatic heterocycles. The summed E-state index contributed by atoms with van der Waals surface area (Å²) in [5, 5.41) is 10.4. The van der Waals surface area contributed by atoms with Gasteiger partial charge in [-0.05, 0) is 72.8 Å². The molecule has 3 rings (SSSR count). The van der Waals surface area contributed by atoms with Gasteiger partial charge in [0.25, 0.3) is 0 Å². The van der Waals surface area contributed by atoms with E-state index in [0.717, 1.165) is 29.9 Å². The lowest BCUT2D eigenvalue weighted by molar-refractivity contribution is 0.0977. The van der Waals surface area contributed by atoms with E-state index in [2.05, 4.69) is 38.1 Å². The van der Waals surface area contributed by atoms with Gasteiger partial charge in [-0.15, -0.1) is 0 Å². The van der Waals surface area contributed by atoms with Crippen LogP contribution in [0.3, 0.4) is 0 Å². The Morgan fingerprint density at radius 3 is 2.17 bits per heavy atom. The van der Waals surface area contributed by atoms with Crippen molar-refractivity contribution in [3.63, 3.8) is 0 Å². The third-order valence-electron chi connectivity index (χ3n) is 6.83. The van der Waals surface area contributed by atoms with E-state index in [4.69, 9.17) is 0 Å². The topological polar surface area (TPSA) is 37.3 Å². The van der Waals surface area contributed by atoms with Crippen molar-refractivity contribution < 1.29 is 9.90 Å². The lowest BCUT2D eigenvalue weighted by atomic mass is 9.77. The molecule has 0 heterocycles. The highest BCUT2D eigenvalue weighted by molar-refractivity contribution is 5.99. The van der Waals surface area contributed by atoms with E-state index in [0.29, 0.717) is 17.9 Å². The van der Waals surface area contributed by atoms with Crippen LogP contribution in [0.5, 0.6) is 5.75 Å². The Morgan fingerprint density at radius 2 is 1.53 bits per heavy atom. The summed E-state index contributed by atoms with van der Waals surface area (Å²) in [7, 11) is 0. The van der Waals surface area contributed by atoms with Crippen molar-refractivity contribution in [3.8, 4) is 16.9 Å². The largest absolute Gasteiger partial charge is 0.507 e. The fraction of sp³-hybridized carbons (Fsp3) is 0.536. The molecule has 1 fully saturated rings. The number of rotatable bonds is 10. The molecule has 0 bridgehead atoms. The SMILES string of the molecule is CCCCCC1CCC(c2ccc(-c3ccc(C(=O)CCCC)c(O)c3)cc2)CC1. The number of phenols is 1. The van der Waals surface area contributed by atoms with Crippen molar-refractivity contribution in [2.75, 3.05) is 0 Å². The third kappa shape index (κ3) is 5.97. The second kappa shape index (κ2) is 11.3. The fourth-order valence-corrected chi connectivity index (χ4v) is 4.83. The normalized spacial score (nSPS) is 19.0. The molecule has 162 valence electrons. The number of carbonyl (C=O) groups excluding carboxylic acids is 1. The first-order valence-electron chi connectivity index (χ1n) is 12.1. The number of hydrogen-bond donors (Lipinski definition) is 1. The lowest BCUT2D eigenvalue weighted by Gasteiger charge is -2.29. The van der Waals surface area contributed by atoms with Crippen LogP contribution in [0.2, 0.25) is 0 Å². The van der Waals surface area contributed by atoms with E-state index >= 15 is 0 Å². The number of aromatic hydroxyl groups is 1. The Hall–Kier alpha value is -2.09. The zero-order valence-corrected chi connectivity index (χ0v) is 18.8. The van der Waals surface area contributed by atoms with Crippen LogP contribution in [-0.4, -0.2) is 10.9 Å². The van der Waals surface area contributed by atoms with Gasteiger partial charge in [0, 0.05) is 6.42 Å². The Morgan fingerprint density at radius 1 is 0.867 bits per heavy atom. The van der Waals surface area contributed by atoms with Crippen LogP contribution in [-0.2, 0) is 0 Å². The standard InChI is InChI=1S/C28H38O2/c1-3-5-7-8-21-10-12-22(13-11-21)23-14-16-24(17-15-23)25-18-19-26(28(30)20-25)27(29)9-6-4-2/h14-22,30H,3-13H2,1-2H3. The van der Waals surface area contributed by atoms with Crippen LogP contribution in [0.25, 0.3) is 11.1 Å². The first kappa shape index (κ1) is 22.6. The molecule has 0 saturated heterocycles. The van der Waals surface area contributed by atoms with E-state index < -0.39 is 0 Å². The van der Waals surface area contributed by atoms with Gasteiger partial charge < -0.3 is 5.11 Å². The molecule has 1 N–H and O–H groups in total. The first-order valence-corrected chi connectivity index (χ1v) is 12.1. The predicted molar refractivity (Wildman–Crippen MR) is 126 cm³/mol. The summed E-state index contributed by atoms with van der Waals surface area (Å²) in [6.07, 6.45) is 13.2. The average molecular weight is 407 g/mol. The molecular weight excluding hydrogens is 368 g/mol. The number of unbranched alkanes of at least 4 members (excludes halogenated alkanes) is 3.